The molecule has 1 amide bonds. The zero-order valence-electron chi connectivity index (χ0n) is 17.7. The number of likely N-dealkylation sites (tertiary alicyclic amines) is 1. The second-order valence-electron chi connectivity index (χ2n) is 8.12. The van der Waals surface area contributed by atoms with Gasteiger partial charge in [-0.2, -0.15) is 5.10 Å². The van der Waals surface area contributed by atoms with Crippen molar-refractivity contribution < 1.29 is 9.18 Å². The molecule has 160 valence electrons. The quantitative estimate of drug-likeness (QED) is 0.650. The number of carbonyl (C=O) groups excluding carboxylic acids is 1. The van der Waals surface area contributed by atoms with Gasteiger partial charge in [0, 0.05) is 43.5 Å². The van der Waals surface area contributed by atoms with E-state index in [-0.39, 0.29) is 28.9 Å². The van der Waals surface area contributed by atoms with Crippen molar-refractivity contribution in [1.82, 2.24) is 19.7 Å². The number of hydrogen-bond acceptors (Lipinski definition) is 4. The van der Waals surface area contributed by atoms with Crippen LogP contribution in [0, 0.1) is 12.7 Å². The molecule has 1 aliphatic heterocycles. The molecular formula is C24H25FN4O2. The van der Waals surface area contributed by atoms with Gasteiger partial charge < -0.3 is 4.90 Å². The third-order valence-electron chi connectivity index (χ3n) is 5.64. The maximum atomic E-state index is 13.6. The minimum atomic E-state index is -0.247. The van der Waals surface area contributed by atoms with E-state index in [1.54, 1.807) is 17.0 Å². The summed E-state index contributed by atoms with van der Waals surface area (Å²) in [5, 5.41) is 4.09. The first kappa shape index (κ1) is 20.9. The number of rotatable bonds is 4. The van der Waals surface area contributed by atoms with E-state index < -0.39 is 0 Å². The molecule has 1 atom stereocenters. The third-order valence-corrected chi connectivity index (χ3v) is 5.64. The number of aromatic nitrogens is 3. The van der Waals surface area contributed by atoms with Gasteiger partial charge in [0.2, 0.25) is 0 Å². The summed E-state index contributed by atoms with van der Waals surface area (Å²) in [5.74, 6) is -0.290. The number of piperidine rings is 1. The number of carbonyl (C=O) groups is 1. The smallest absolute Gasteiger partial charge is 0.274 e. The average molecular weight is 420 g/mol. The SMILES string of the molecule is Cc1cc(Cc2cccc(F)c2)cc([C@@H]2CCCN(C(=O)c3ccc(=O)n(C)n3)C2)n1. The number of pyridine rings is 1. The van der Waals surface area contributed by atoms with Gasteiger partial charge in [0.15, 0.2) is 0 Å². The highest BCUT2D eigenvalue weighted by Gasteiger charge is 2.27. The molecule has 0 unspecified atom stereocenters. The van der Waals surface area contributed by atoms with E-state index in [9.17, 15) is 14.0 Å². The van der Waals surface area contributed by atoms with Crippen molar-refractivity contribution in [2.24, 2.45) is 7.05 Å². The fourth-order valence-electron chi connectivity index (χ4n) is 4.14. The lowest BCUT2D eigenvalue weighted by Crippen LogP contribution is -2.40. The first-order chi connectivity index (χ1) is 14.9. The Morgan fingerprint density at radius 3 is 2.77 bits per heavy atom. The lowest BCUT2D eigenvalue weighted by atomic mass is 9.92. The van der Waals surface area contributed by atoms with Gasteiger partial charge in [-0.1, -0.05) is 12.1 Å². The molecule has 7 heteroatoms. The van der Waals surface area contributed by atoms with Crippen molar-refractivity contribution in [2.45, 2.75) is 32.1 Å². The first-order valence-electron chi connectivity index (χ1n) is 10.4. The number of hydrogen-bond donors (Lipinski definition) is 0. The fraction of sp³-hybridized carbons (Fsp3) is 0.333. The molecule has 0 bridgehead atoms. The zero-order valence-corrected chi connectivity index (χ0v) is 17.7. The predicted octanol–water partition coefficient (Wildman–Crippen LogP) is 3.23. The van der Waals surface area contributed by atoms with Crippen LogP contribution in [-0.2, 0) is 13.5 Å². The Hall–Kier alpha value is -3.35. The van der Waals surface area contributed by atoms with Crippen LogP contribution in [0.1, 0.15) is 51.8 Å². The minimum absolute atomic E-state index is 0.122. The van der Waals surface area contributed by atoms with Crippen LogP contribution in [0.25, 0.3) is 0 Å². The van der Waals surface area contributed by atoms with Crippen LogP contribution in [0.3, 0.4) is 0 Å². The molecule has 2 aromatic heterocycles. The Morgan fingerprint density at radius 1 is 1.16 bits per heavy atom. The molecule has 3 aromatic rings. The number of halogens is 1. The number of nitrogens with zero attached hydrogens (tertiary/aromatic N) is 4. The molecule has 0 saturated carbocycles. The lowest BCUT2D eigenvalue weighted by molar-refractivity contribution is 0.0697. The maximum Gasteiger partial charge on any atom is 0.274 e. The van der Waals surface area contributed by atoms with Crippen LogP contribution in [0.2, 0.25) is 0 Å². The van der Waals surface area contributed by atoms with Crippen LogP contribution >= 0.6 is 0 Å². The highest BCUT2D eigenvalue weighted by Crippen LogP contribution is 2.28. The summed E-state index contributed by atoms with van der Waals surface area (Å²) in [6.07, 6.45) is 2.45. The summed E-state index contributed by atoms with van der Waals surface area (Å²) in [5.41, 5.74) is 3.88. The largest absolute Gasteiger partial charge is 0.337 e. The molecule has 1 aliphatic rings. The maximum absolute atomic E-state index is 13.6. The van der Waals surface area contributed by atoms with Gasteiger partial charge in [-0.15, -0.1) is 0 Å². The van der Waals surface area contributed by atoms with E-state index >= 15 is 0 Å². The van der Waals surface area contributed by atoms with Crippen molar-refractivity contribution in [3.05, 3.63) is 92.9 Å². The molecule has 4 rings (SSSR count). The van der Waals surface area contributed by atoms with Gasteiger partial charge in [0.25, 0.3) is 11.5 Å². The van der Waals surface area contributed by atoms with Crippen molar-refractivity contribution in [1.29, 1.82) is 0 Å². The normalized spacial score (nSPS) is 16.4. The Morgan fingerprint density at radius 2 is 2.00 bits per heavy atom. The molecule has 0 radical (unpaired) electrons. The monoisotopic (exact) mass is 420 g/mol. The van der Waals surface area contributed by atoms with Crippen molar-refractivity contribution in [3.8, 4) is 0 Å². The van der Waals surface area contributed by atoms with Gasteiger partial charge in [-0.05, 0) is 67.6 Å². The Balaban J connectivity index is 1.53. The van der Waals surface area contributed by atoms with E-state index in [1.165, 1.54) is 29.9 Å². The highest BCUT2D eigenvalue weighted by molar-refractivity contribution is 5.92. The summed E-state index contributed by atoms with van der Waals surface area (Å²) in [4.78, 5) is 31.0. The molecule has 0 aliphatic carbocycles. The molecule has 6 nitrogen and oxygen atoms in total. The molecule has 0 spiro atoms. The Bertz CT molecular complexity index is 1170. The predicted molar refractivity (Wildman–Crippen MR) is 116 cm³/mol. The second kappa shape index (κ2) is 8.79. The van der Waals surface area contributed by atoms with E-state index in [4.69, 9.17) is 4.98 Å². The van der Waals surface area contributed by atoms with E-state index in [0.29, 0.717) is 19.5 Å². The molecule has 1 fully saturated rings. The minimum Gasteiger partial charge on any atom is -0.337 e. The van der Waals surface area contributed by atoms with Gasteiger partial charge >= 0.3 is 0 Å². The van der Waals surface area contributed by atoms with E-state index in [2.05, 4.69) is 11.2 Å². The van der Waals surface area contributed by atoms with Gasteiger partial charge in [0.05, 0.1) is 0 Å². The third kappa shape index (κ3) is 4.87. The van der Waals surface area contributed by atoms with E-state index in [1.807, 2.05) is 19.1 Å². The van der Waals surface area contributed by atoms with Crippen LogP contribution in [0.5, 0.6) is 0 Å². The molecular weight excluding hydrogens is 395 g/mol. The summed E-state index contributed by atoms with van der Waals surface area (Å²) in [6.45, 7) is 3.17. The molecule has 0 N–H and O–H groups in total. The molecule has 1 aromatic carbocycles. The van der Waals surface area contributed by atoms with Crippen molar-refractivity contribution >= 4 is 5.91 Å². The fourth-order valence-corrected chi connectivity index (χ4v) is 4.14. The molecule has 1 saturated heterocycles. The first-order valence-corrected chi connectivity index (χ1v) is 10.4. The highest BCUT2D eigenvalue weighted by atomic mass is 19.1. The second-order valence-corrected chi connectivity index (χ2v) is 8.12. The van der Waals surface area contributed by atoms with Crippen LogP contribution < -0.4 is 5.56 Å². The van der Waals surface area contributed by atoms with Crippen LogP contribution in [0.4, 0.5) is 4.39 Å². The summed E-state index contributed by atoms with van der Waals surface area (Å²) in [7, 11) is 1.54. The summed E-state index contributed by atoms with van der Waals surface area (Å²) >= 11 is 0. The van der Waals surface area contributed by atoms with Crippen LogP contribution in [0.15, 0.2) is 53.3 Å². The number of aryl methyl sites for hydroxylation is 2. The van der Waals surface area contributed by atoms with Crippen molar-refractivity contribution in [2.75, 3.05) is 13.1 Å². The standard InChI is InChI=1S/C24H25FN4O2/c1-16-11-18(12-17-5-3-7-20(25)13-17)14-22(26-16)19-6-4-10-29(15-19)24(31)21-8-9-23(30)28(2)27-21/h3,5,7-9,11,13-14,19H,4,6,10,12,15H2,1-2H3/t19-/m1/s1. The molecule has 3 heterocycles. The van der Waals surface area contributed by atoms with Gasteiger partial charge in [-0.25, -0.2) is 9.07 Å². The van der Waals surface area contributed by atoms with Gasteiger partial charge in [-0.3, -0.25) is 14.6 Å². The summed E-state index contributed by atoms with van der Waals surface area (Å²) in [6, 6.07) is 13.6. The van der Waals surface area contributed by atoms with E-state index in [0.717, 1.165) is 35.4 Å². The molecule has 31 heavy (non-hydrogen) atoms. The average Bonchev–Trinajstić information content (AvgIpc) is 2.75. The number of amides is 1. The lowest BCUT2D eigenvalue weighted by Gasteiger charge is -2.32. The number of benzene rings is 1. The Labute approximate surface area is 180 Å². The van der Waals surface area contributed by atoms with Gasteiger partial charge in [0.1, 0.15) is 11.5 Å². The zero-order chi connectivity index (χ0) is 22.0. The van der Waals surface area contributed by atoms with Crippen LogP contribution in [-0.4, -0.2) is 38.7 Å². The topological polar surface area (TPSA) is 68.1 Å². The summed E-state index contributed by atoms with van der Waals surface area (Å²) < 4.78 is 14.7. The Kier molecular flexibility index (Phi) is 5.93. The van der Waals surface area contributed by atoms with Crippen molar-refractivity contribution in [3.63, 3.8) is 0 Å².